The fourth-order valence-electron chi connectivity index (χ4n) is 4.91. The maximum absolute atomic E-state index is 9.74. The van der Waals surface area contributed by atoms with Gasteiger partial charge in [0.05, 0.1) is 0 Å². The maximum Gasteiger partial charge on any atom is 0.118 e. The molecule has 0 spiro atoms. The summed E-state index contributed by atoms with van der Waals surface area (Å²) in [5.41, 5.74) is 4.76. The summed E-state index contributed by atoms with van der Waals surface area (Å²) in [6, 6.07) is 12.2. The van der Waals surface area contributed by atoms with Crippen LogP contribution in [0.15, 0.2) is 36.4 Å². The predicted molar refractivity (Wildman–Crippen MR) is 92.0 cm³/mol. The zero-order chi connectivity index (χ0) is 16.1. The molecule has 0 heterocycles. The summed E-state index contributed by atoms with van der Waals surface area (Å²) in [5.74, 6) is 3.59. The van der Waals surface area contributed by atoms with E-state index >= 15 is 0 Å². The van der Waals surface area contributed by atoms with E-state index in [1.54, 1.807) is 0 Å². The summed E-state index contributed by atoms with van der Waals surface area (Å²) in [4.78, 5) is 0. The first kappa shape index (κ1) is 14.6. The molecule has 0 saturated heterocycles. The lowest BCUT2D eigenvalue weighted by atomic mass is 9.76. The molecule has 2 nitrogen and oxygen atoms in total. The molecule has 23 heavy (non-hydrogen) atoms. The van der Waals surface area contributed by atoms with E-state index in [1.807, 2.05) is 26.0 Å². The Morgan fingerprint density at radius 2 is 1.13 bits per heavy atom. The monoisotopic (exact) mass is 308 g/mol. The van der Waals surface area contributed by atoms with Crippen molar-refractivity contribution in [2.24, 2.45) is 11.8 Å². The molecule has 2 bridgehead atoms. The van der Waals surface area contributed by atoms with E-state index in [4.69, 9.17) is 0 Å². The van der Waals surface area contributed by atoms with Crippen molar-refractivity contribution in [3.63, 3.8) is 0 Å². The fourth-order valence-corrected chi connectivity index (χ4v) is 4.91. The van der Waals surface area contributed by atoms with Gasteiger partial charge in [-0.1, -0.05) is 24.3 Å². The number of aromatic hydroxyl groups is 2. The molecule has 0 radical (unpaired) electrons. The molecule has 2 aromatic carbocycles. The number of benzene rings is 2. The zero-order valence-electron chi connectivity index (χ0n) is 13.8. The van der Waals surface area contributed by atoms with Crippen molar-refractivity contribution >= 4 is 0 Å². The van der Waals surface area contributed by atoms with Crippen LogP contribution in [0.2, 0.25) is 0 Å². The van der Waals surface area contributed by atoms with Crippen LogP contribution in [0.1, 0.15) is 53.4 Å². The van der Waals surface area contributed by atoms with Gasteiger partial charge in [0, 0.05) is 0 Å². The standard InChI is InChI=1S/C21H24O2/c1-12-7-14(3-5-20(12)22)18-10-17-9-16(18)11-19(17)15-4-6-21(23)13(2)8-15/h3-8,16-19,22-23H,9-11H2,1-2H3. The smallest absolute Gasteiger partial charge is 0.118 e. The van der Waals surface area contributed by atoms with Crippen molar-refractivity contribution in [2.45, 2.75) is 44.9 Å². The first-order valence-corrected chi connectivity index (χ1v) is 8.62. The van der Waals surface area contributed by atoms with Crippen molar-refractivity contribution in [2.75, 3.05) is 0 Å². The van der Waals surface area contributed by atoms with E-state index in [-0.39, 0.29) is 0 Å². The highest BCUT2D eigenvalue weighted by molar-refractivity contribution is 5.40. The summed E-state index contributed by atoms with van der Waals surface area (Å²) < 4.78 is 0. The van der Waals surface area contributed by atoms with E-state index < -0.39 is 0 Å². The van der Waals surface area contributed by atoms with Crippen LogP contribution in [0.25, 0.3) is 0 Å². The molecule has 2 aliphatic carbocycles. The highest BCUT2D eigenvalue weighted by atomic mass is 16.3. The number of hydrogen-bond donors (Lipinski definition) is 2. The van der Waals surface area contributed by atoms with Gasteiger partial charge in [-0.25, -0.2) is 0 Å². The highest BCUT2D eigenvalue weighted by Crippen LogP contribution is 2.59. The van der Waals surface area contributed by atoms with Crippen LogP contribution < -0.4 is 0 Å². The summed E-state index contributed by atoms with van der Waals surface area (Å²) in [6.45, 7) is 3.96. The Bertz CT molecular complexity index is 686. The Kier molecular flexibility index (Phi) is 3.37. The molecule has 2 aliphatic rings. The number of fused-ring (bicyclic) bond motifs is 2. The SMILES string of the molecule is Cc1cc(C2CC3CC2CC3c2ccc(O)c(C)c2)ccc1O. The maximum atomic E-state index is 9.74. The van der Waals surface area contributed by atoms with Gasteiger partial charge in [0.25, 0.3) is 0 Å². The van der Waals surface area contributed by atoms with Crippen molar-refractivity contribution in [3.8, 4) is 11.5 Å². The second-order valence-electron chi connectivity index (χ2n) is 7.53. The van der Waals surface area contributed by atoms with Gasteiger partial charge in [-0.05, 0) is 91.2 Å². The number of hydrogen-bond acceptors (Lipinski definition) is 2. The summed E-state index contributed by atoms with van der Waals surface area (Å²) in [5, 5.41) is 19.5. The first-order chi connectivity index (χ1) is 11.0. The summed E-state index contributed by atoms with van der Waals surface area (Å²) >= 11 is 0. The third-order valence-electron chi connectivity index (χ3n) is 6.15. The van der Waals surface area contributed by atoms with Gasteiger partial charge < -0.3 is 10.2 Å². The van der Waals surface area contributed by atoms with Crippen molar-refractivity contribution < 1.29 is 10.2 Å². The van der Waals surface area contributed by atoms with Crippen molar-refractivity contribution in [1.29, 1.82) is 0 Å². The second-order valence-corrected chi connectivity index (χ2v) is 7.53. The minimum atomic E-state index is 0.398. The van der Waals surface area contributed by atoms with Gasteiger partial charge in [0.1, 0.15) is 11.5 Å². The van der Waals surface area contributed by atoms with Crippen LogP contribution in [0, 0.1) is 25.7 Å². The molecule has 4 unspecified atom stereocenters. The largest absolute Gasteiger partial charge is 0.508 e. The van der Waals surface area contributed by atoms with Crippen LogP contribution in [0.3, 0.4) is 0 Å². The lowest BCUT2D eigenvalue weighted by molar-refractivity contribution is 0.374. The van der Waals surface area contributed by atoms with E-state index in [9.17, 15) is 10.2 Å². The van der Waals surface area contributed by atoms with E-state index in [1.165, 1.54) is 30.4 Å². The van der Waals surface area contributed by atoms with Crippen molar-refractivity contribution in [3.05, 3.63) is 58.7 Å². The molecule has 2 heteroatoms. The highest BCUT2D eigenvalue weighted by Gasteiger charge is 2.46. The van der Waals surface area contributed by atoms with Crippen LogP contribution in [-0.4, -0.2) is 10.2 Å². The van der Waals surface area contributed by atoms with E-state index in [2.05, 4.69) is 24.3 Å². The third-order valence-corrected chi connectivity index (χ3v) is 6.15. The quantitative estimate of drug-likeness (QED) is 0.818. The van der Waals surface area contributed by atoms with Gasteiger partial charge in [-0.3, -0.25) is 0 Å². The minimum Gasteiger partial charge on any atom is -0.508 e. The molecule has 0 aromatic heterocycles. The van der Waals surface area contributed by atoms with E-state index in [0.717, 1.165) is 23.0 Å². The van der Waals surface area contributed by atoms with Crippen LogP contribution in [0.5, 0.6) is 11.5 Å². The normalized spacial score (nSPS) is 29.1. The molecule has 0 amide bonds. The molecule has 120 valence electrons. The van der Waals surface area contributed by atoms with Crippen LogP contribution in [0.4, 0.5) is 0 Å². The Hall–Kier alpha value is -1.96. The molecule has 2 saturated carbocycles. The zero-order valence-corrected chi connectivity index (χ0v) is 13.8. The lowest BCUT2D eigenvalue weighted by Crippen LogP contribution is -2.15. The lowest BCUT2D eigenvalue weighted by Gasteiger charge is -2.29. The fraction of sp³-hybridized carbons (Fsp3) is 0.429. The number of phenols is 2. The van der Waals surface area contributed by atoms with Crippen LogP contribution in [-0.2, 0) is 0 Å². The van der Waals surface area contributed by atoms with Crippen LogP contribution >= 0.6 is 0 Å². The molecule has 2 fully saturated rings. The molecule has 0 aliphatic heterocycles. The predicted octanol–water partition coefficient (Wildman–Crippen LogP) is 5.01. The summed E-state index contributed by atoms with van der Waals surface area (Å²) in [7, 11) is 0. The Labute approximate surface area is 137 Å². The minimum absolute atomic E-state index is 0.398. The average molecular weight is 308 g/mol. The molecular formula is C21H24O2. The van der Waals surface area contributed by atoms with E-state index in [0.29, 0.717) is 23.3 Å². The third kappa shape index (κ3) is 2.41. The molecule has 4 atom stereocenters. The number of aryl methyl sites for hydroxylation is 2. The van der Waals surface area contributed by atoms with Crippen molar-refractivity contribution in [1.82, 2.24) is 0 Å². The van der Waals surface area contributed by atoms with Gasteiger partial charge >= 0.3 is 0 Å². The number of rotatable bonds is 2. The topological polar surface area (TPSA) is 40.5 Å². The molecule has 2 aromatic rings. The molecule has 2 N–H and O–H groups in total. The Morgan fingerprint density at radius 1 is 0.696 bits per heavy atom. The number of phenolic OH excluding ortho intramolecular Hbond substituents is 2. The van der Waals surface area contributed by atoms with Gasteiger partial charge in [0.2, 0.25) is 0 Å². The Balaban J connectivity index is 1.55. The van der Waals surface area contributed by atoms with Gasteiger partial charge in [0.15, 0.2) is 0 Å². The summed E-state index contributed by atoms with van der Waals surface area (Å²) in [6.07, 6.45) is 3.81. The average Bonchev–Trinajstić information content (AvgIpc) is 3.13. The Morgan fingerprint density at radius 3 is 1.48 bits per heavy atom. The van der Waals surface area contributed by atoms with Gasteiger partial charge in [-0.15, -0.1) is 0 Å². The van der Waals surface area contributed by atoms with Gasteiger partial charge in [-0.2, -0.15) is 0 Å². The molecule has 4 rings (SSSR count). The first-order valence-electron chi connectivity index (χ1n) is 8.62. The second kappa shape index (κ2) is 5.30. The molecular weight excluding hydrogens is 284 g/mol.